The van der Waals surface area contributed by atoms with Gasteiger partial charge in [-0.1, -0.05) is 18.2 Å². The molecule has 6 nitrogen and oxygen atoms in total. The SMILES string of the molecule is CCOC(=O)[C@]1(CCOC)CCCN(C/C=C/c2ccc(O)c(OC)c2)C1. The number of ether oxygens (including phenoxy) is 3. The van der Waals surface area contributed by atoms with E-state index in [0.717, 1.165) is 31.5 Å². The number of hydrogen-bond acceptors (Lipinski definition) is 6. The van der Waals surface area contributed by atoms with E-state index in [2.05, 4.69) is 11.0 Å². The van der Waals surface area contributed by atoms with Gasteiger partial charge in [-0.25, -0.2) is 0 Å². The maximum atomic E-state index is 12.6. The number of hydrogen-bond donors (Lipinski definition) is 1. The van der Waals surface area contributed by atoms with Crippen LogP contribution in [0.1, 0.15) is 31.7 Å². The van der Waals surface area contributed by atoms with Crippen molar-refractivity contribution in [1.82, 2.24) is 4.90 Å². The first kappa shape index (κ1) is 21.3. The lowest BCUT2D eigenvalue weighted by molar-refractivity contribution is -0.160. The molecule has 0 saturated carbocycles. The molecule has 1 atom stereocenters. The minimum absolute atomic E-state index is 0.112. The van der Waals surface area contributed by atoms with Gasteiger partial charge in [0.1, 0.15) is 0 Å². The molecule has 0 aliphatic carbocycles. The summed E-state index contributed by atoms with van der Waals surface area (Å²) in [7, 11) is 3.19. The number of esters is 1. The van der Waals surface area contributed by atoms with Gasteiger partial charge in [-0.15, -0.1) is 0 Å². The number of likely N-dealkylation sites (tertiary alicyclic amines) is 1. The van der Waals surface area contributed by atoms with E-state index in [-0.39, 0.29) is 11.7 Å². The first-order valence-electron chi connectivity index (χ1n) is 9.46. The first-order valence-corrected chi connectivity index (χ1v) is 9.46. The predicted octanol–water partition coefficient (Wildman–Crippen LogP) is 3.10. The number of nitrogens with zero attached hydrogens (tertiary/aromatic N) is 1. The summed E-state index contributed by atoms with van der Waals surface area (Å²) >= 11 is 0. The Hall–Kier alpha value is -2.05. The Morgan fingerprint density at radius 2 is 2.19 bits per heavy atom. The van der Waals surface area contributed by atoms with Crippen LogP contribution >= 0.6 is 0 Å². The fourth-order valence-corrected chi connectivity index (χ4v) is 3.57. The van der Waals surface area contributed by atoms with Gasteiger partial charge in [0, 0.05) is 26.8 Å². The van der Waals surface area contributed by atoms with Gasteiger partial charge in [0.2, 0.25) is 0 Å². The monoisotopic (exact) mass is 377 g/mol. The van der Waals surface area contributed by atoms with Gasteiger partial charge in [-0.3, -0.25) is 9.69 Å². The molecule has 0 radical (unpaired) electrons. The zero-order valence-electron chi connectivity index (χ0n) is 16.6. The highest BCUT2D eigenvalue weighted by Crippen LogP contribution is 2.35. The van der Waals surface area contributed by atoms with E-state index in [0.29, 0.717) is 31.9 Å². The number of methoxy groups -OCH3 is 2. The quantitative estimate of drug-likeness (QED) is 0.667. The number of carbonyl (C=O) groups is 1. The van der Waals surface area contributed by atoms with Crippen LogP contribution in [0, 0.1) is 5.41 Å². The third kappa shape index (κ3) is 5.71. The second-order valence-electron chi connectivity index (χ2n) is 6.92. The van der Waals surface area contributed by atoms with E-state index in [4.69, 9.17) is 14.2 Å². The van der Waals surface area contributed by atoms with Gasteiger partial charge < -0.3 is 19.3 Å². The molecule has 1 aromatic carbocycles. The summed E-state index contributed by atoms with van der Waals surface area (Å²) in [5.41, 5.74) is 0.470. The summed E-state index contributed by atoms with van der Waals surface area (Å²) in [5, 5.41) is 9.68. The standard InChI is InChI=1S/C21H31NO5/c1-4-27-20(24)21(11-14-25-2)10-6-13-22(16-21)12-5-7-17-8-9-18(23)19(15-17)26-3/h5,7-9,15,23H,4,6,10-14,16H2,1-3H3/b7-5+/t21-/m0/s1. The molecule has 0 spiro atoms. The Balaban J connectivity index is 2.02. The van der Waals surface area contributed by atoms with Crippen LogP contribution in [0.4, 0.5) is 0 Å². The molecule has 1 saturated heterocycles. The minimum atomic E-state index is -0.486. The fourth-order valence-electron chi connectivity index (χ4n) is 3.57. The Labute approximate surface area is 161 Å². The summed E-state index contributed by atoms with van der Waals surface area (Å²) in [6.45, 7) is 5.18. The second kappa shape index (κ2) is 10.3. The summed E-state index contributed by atoms with van der Waals surface area (Å²) < 4.78 is 15.7. The molecule has 1 aliphatic heterocycles. The van der Waals surface area contributed by atoms with Crippen LogP contribution in [-0.4, -0.2) is 63.0 Å². The van der Waals surface area contributed by atoms with E-state index in [9.17, 15) is 9.90 Å². The normalized spacial score (nSPS) is 20.7. The van der Waals surface area contributed by atoms with Crippen molar-refractivity contribution < 1.29 is 24.1 Å². The molecule has 0 bridgehead atoms. The lowest BCUT2D eigenvalue weighted by Gasteiger charge is -2.40. The molecule has 150 valence electrons. The number of aromatic hydroxyl groups is 1. The van der Waals surface area contributed by atoms with Crippen LogP contribution in [0.25, 0.3) is 6.08 Å². The van der Waals surface area contributed by atoms with Crippen LogP contribution in [-0.2, 0) is 14.3 Å². The van der Waals surface area contributed by atoms with Gasteiger partial charge in [-0.05, 0) is 50.4 Å². The molecule has 0 unspecified atom stereocenters. The average molecular weight is 377 g/mol. The van der Waals surface area contributed by atoms with Gasteiger partial charge in [0.15, 0.2) is 11.5 Å². The van der Waals surface area contributed by atoms with Crippen molar-refractivity contribution in [1.29, 1.82) is 0 Å². The third-order valence-electron chi connectivity index (χ3n) is 5.03. The van der Waals surface area contributed by atoms with E-state index < -0.39 is 5.41 Å². The third-order valence-corrected chi connectivity index (χ3v) is 5.03. The van der Waals surface area contributed by atoms with Crippen molar-refractivity contribution in [2.24, 2.45) is 5.41 Å². The molecule has 0 amide bonds. The number of phenolic OH excluding ortho intramolecular Hbond substituents is 1. The number of benzene rings is 1. The van der Waals surface area contributed by atoms with Crippen molar-refractivity contribution >= 4 is 12.0 Å². The van der Waals surface area contributed by atoms with Gasteiger partial charge in [0.25, 0.3) is 0 Å². The summed E-state index contributed by atoms with van der Waals surface area (Å²) in [5.74, 6) is 0.470. The maximum Gasteiger partial charge on any atom is 0.313 e. The van der Waals surface area contributed by atoms with E-state index in [1.54, 1.807) is 19.2 Å². The number of phenols is 1. The molecule has 2 rings (SSSR count). The van der Waals surface area contributed by atoms with Crippen LogP contribution in [0.3, 0.4) is 0 Å². The van der Waals surface area contributed by atoms with E-state index >= 15 is 0 Å². The number of carbonyl (C=O) groups excluding carboxylic acids is 1. The van der Waals surface area contributed by atoms with E-state index in [1.807, 2.05) is 19.1 Å². The molecular weight excluding hydrogens is 346 g/mol. The number of piperidine rings is 1. The Kier molecular flexibility index (Phi) is 8.13. The lowest BCUT2D eigenvalue weighted by atomic mass is 9.77. The highest BCUT2D eigenvalue weighted by atomic mass is 16.5. The zero-order valence-corrected chi connectivity index (χ0v) is 16.6. The fraction of sp³-hybridized carbons (Fsp3) is 0.571. The second-order valence-corrected chi connectivity index (χ2v) is 6.92. The van der Waals surface area contributed by atoms with Crippen molar-refractivity contribution in [3.05, 3.63) is 29.8 Å². The van der Waals surface area contributed by atoms with Crippen LogP contribution in [0.5, 0.6) is 11.5 Å². The highest BCUT2D eigenvalue weighted by molar-refractivity contribution is 5.77. The Bertz CT molecular complexity index is 645. The highest BCUT2D eigenvalue weighted by Gasteiger charge is 2.42. The molecule has 0 aromatic heterocycles. The number of rotatable bonds is 9. The van der Waals surface area contributed by atoms with Crippen molar-refractivity contribution in [2.45, 2.75) is 26.2 Å². The van der Waals surface area contributed by atoms with Gasteiger partial charge >= 0.3 is 5.97 Å². The summed E-state index contributed by atoms with van der Waals surface area (Å²) in [6, 6.07) is 5.26. The summed E-state index contributed by atoms with van der Waals surface area (Å²) in [6.07, 6.45) is 6.55. The van der Waals surface area contributed by atoms with Crippen molar-refractivity contribution in [2.75, 3.05) is 47.1 Å². The predicted molar refractivity (Wildman–Crippen MR) is 105 cm³/mol. The van der Waals surface area contributed by atoms with Crippen molar-refractivity contribution in [3.8, 4) is 11.5 Å². The van der Waals surface area contributed by atoms with E-state index in [1.165, 1.54) is 7.11 Å². The van der Waals surface area contributed by atoms with Gasteiger partial charge in [-0.2, -0.15) is 0 Å². The zero-order chi connectivity index (χ0) is 19.7. The molecule has 1 N–H and O–H groups in total. The lowest BCUT2D eigenvalue weighted by Crippen LogP contribution is -2.49. The molecule has 27 heavy (non-hydrogen) atoms. The van der Waals surface area contributed by atoms with Crippen LogP contribution in [0.15, 0.2) is 24.3 Å². The average Bonchev–Trinajstić information content (AvgIpc) is 2.68. The molecule has 1 heterocycles. The minimum Gasteiger partial charge on any atom is -0.504 e. The molecule has 6 heteroatoms. The topological polar surface area (TPSA) is 68.2 Å². The smallest absolute Gasteiger partial charge is 0.313 e. The van der Waals surface area contributed by atoms with Crippen LogP contribution in [0.2, 0.25) is 0 Å². The molecule has 1 aromatic rings. The maximum absolute atomic E-state index is 12.6. The van der Waals surface area contributed by atoms with Gasteiger partial charge in [0.05, 0.1) is 19.1 Å². The Morgan fingerprint density at radius 3 is 2.89 bits per heavy atom. The first-order chi connectivity index (χ1) is 13.0. The summed E-state index contributed by atoms with van der Waals surface area (Å²) in [4.78, 5) is 14.9. The molecule has 1 aliphatic rings. The largest absolute Gasteiger partial charge is 0.504 e. The van der Waals surface area contributed by atoms with Crippen LogP contribution < -0.4 is 4.74 Å². The Morgan fingerprint density at radius 1 is 1.37 bits per heavy atom. The molecular formula is C21H31NO5. The molecule has 1 fully saturated rings. The van der Waals surface area contributed by atoms with Crippen molar-refractivity contribution in [3.63, 3.8) is 0 Å².